The van der Waals surface area contributed by atoms with Gasteiger partial charge in [-0.2, -0.15) is 13.2 Å². The molecule has 0 aromatic heterocycles. The summed E-state index contributed by atoms with van der Waals surface area (Å²) < 4.78 is 70.1. The molecule has 0 saturated heterocycles. The third-order valence-electron chi connectivity index (χ3n) is 3.81. The average Bonchev–Trinajstić information content (AvgIpc) is 2.61. The Kier molecular flexibility index (Phi) is 6.81. The van der Waals surface area contributed by atoms with E-state index in [0.29, 0.717) is 5.56 Å². The van der Waals surface area contributed by atoms with Crippen LogP contribution in [-0.4, -0.2) is 34.6 Å². The highest BCUT2D eigenvalue weighted by atomic mass is 32.2. The number of hydrogen-bond donors (Lipinski definition) is 2. The number of amides is 1. The fraction of sp³-hybridized carbons (Fsp3) is 0.278. The van der Waals surface area contributed by atoms with Crippen LogP contribution in [-0.2, 0) is 20.9 Å². The van der Waals surface area contributed by atoms with Gasteiger partial charge in [-0.15, -0.1) is 0 Å². The number of nitrogens with one attached hydrogen (secondary N) is 2. The van der Waals surface area contributed by atoms with Crippen molar-refractivity contribution in [1.29, 1.82) is 0 Å². The van der Waals surface area contributed by atoms with Crippen molar-refractivity contribution in [3.05, 3.63) is 59.2 Å². The van der Waals surface area contributed by atoms with Crippen LogP contribution in [0.5, 0.6) is 0 Å². The number of ether oxygens (including phenoxy) is 1. The zero-order valence-electron chi connectivity index (χ0n) is 15.1. The van der Waals surface area contributed by atoms with Crippen LogP contribution < -0.4 is 10.0 Å². The molecule has 0 bridgehead atoms. The molecule has 0 aliphatic rings. The molecule has 0 fully saturated rings. The van der Waals surface area contributed by atoms with Crippen molar-refractivity contribution in [2.24, 2.45) is 0 Å². The van der Waals surface area contributed by atoms with Gasteiger partial charge in [0.25, 0.3) is 5.91 Å². The Bertz CT molecular complexity index is 960. The van der Waals surface area contributed by atoms with Crippen LogP contribution in [0.3, 0.4) is 0 Å². The molecule has 28 heavy (non-hydrogen) atoms. The number of sulfonamides is 1. The van der Waals surface area contributed by atoms with Crippen LogP contribution in [0.1, 0.15) is 21.5 Å². The van der Waals surface area contributed by atoms with Crippen molar-refractivity contribution in [3.63, 3.8) is 0 Å². The largest absolute Gasteiger partial charge is 0.416 e. The number of rotatable bonds is 7. The third-order valence-corrected chi connectivity index (χ3v) is 5.27. The van der Waals surface area contributed by atoms with Crippen LogP contribution in [0.2, 0.25) is 0 Å². The summed E-state index contributed by atoms with van der Waals surface area (Å²) in [7, 11) is -2.44. The quantitative estimate of drug-likeness (QED) is 0.679. The van der Waals surface area contributed by atoms with Gasteiger partial charge in [0.2, 0.25) is 10.0 Å². The summed E-state index contributed by atoms with van der Waals surface area (Å²) in [6, 6.07) is 8.14. The van der Waals surface area contributed by atoms with Crippen molar-refractivity contribution in [1.82, 2.24) is 4.72 Å². The molecule has 152 valence electrons. The first-order valence-electron chi connectivity index (χ1n) is 8.12. The van der Waals surface area contributed by atoms with E-state index < -0.39 is 27.7 Å². The molecule has 6 nitrogen and oxygen atoms in total. The number of carbonyl (C=O) groups is 1. The summed E-state index contributed by atoms with van der Waals surface area (Å²) >= 11 is 0. The van der Waals surface area contributed by atoms with Crippen molar-refractivity contribution in [2.45, 2.75) is 18.0 Å². The van der Waals surface area contributed by atoms with Gasteiger partial charge < -0.3 is 10.1 Å². The molecule has 0 heterocycles. The van der Waals surface area contributed by atoms with Crippen LogP contribution in [0.25, 0.3) is 0 Å². The first-order valence-corrected chi connectivity index (χ1v) is 9.61. The van der Waals surface area contributed by atoms with Crippen LogP contribution in [0, 0.1) is 6.92 Å². The molecule has 0 aliphatic carbocycles. The Morgan fingerprint density at radius 3 is 2.50 bits per heavy atom. The van der Waals surface area contributed by atoms with Gasteiger partial charge in [-0.1, -0.05) is 12.1 Å². The van der Waals surface area contributed by atoms with Crippen LogP contribution >= 0.6 is 0 Å². The smallest absolute Gasteiger partial charge is 0.383 e. The predicted molar refractivity (Wildman–Crippen MR) is 97.6 cm³/mol. The summed E-state index contributed by atoms with van der Waals surface area (Å²) in [4.78, 5) is 12.4. The summed E-state index contributed by atoms with van der Waals surface area (Å²) in [5.41, 5.74) is -0.446. The van der Waals surface area contributed by atoms with Gasteiger partial charge in [-0.25, -0.2) is 13.1 Å². The second-order valence-electron chi connectivity index (χ2n) is 5.90. The molecule has 0 radical (unpaired) electrons. The fourth-order valence-electron chi connectivity index (χ4n) is 2.35. The summed E-state index contributed by atoms with van der Waals surface area (Å²) in [6.45, 7) is 1.82. The summed E-state index contributed by atoms with van der Waals surface area (Å²) in [5.74, 6) is -0.717. The highest BCUT2D eigenvalue weighted by Gasteiger charge is 2.30. The van der Waals surface area contributed by atoms with E-state index in [0.717, 1.165) is 12.1 Å². The van der Waals surface area contributed by atoms with E-state index in [2.05, 4.69) is 10.0 Å². The molecule has 2 N–H and O–H groups in total. The molecule has 0 spiro atoms. The van der Waals surface area contributed by atoms with Gasteiger partial charge in [0.05, 0.1) is 17.1 Å². The molecule has 0 unspecified atom stereocenters. The molecule has 0 atom stereocenters. The highest BCUT2D eigenvalue weighted by Crippen LogP contribution is 2.30. The average molecular weight is 416 g/mol. The number of methoxy groups -OCH3 is 1. The minimum atomic E-state index is -4.54. The van der Waals surface area contributed by atoms with E-state index in [-0.39, 0.29) is 29.3 Å². The minimum Gasteiger partial charge on any atom is -0.383 e. The molecule has 2 aromatic carbocycles. The topological polar surface area (TPSA) is 84.5 Å². The van der Waals surface area contributed by atoms with Gasteiger partial charge >= 0.3 is 6.18 Å². The molecule has 10 heteroatoms. The lowest BCUT2D eigenvalue weighted by atomic mass is 10.1. The number of hydrogen-bond acceptors (Lipinski definition) is 4. The Morgan fingerprint density at radius 1 is 1.14 bits per heavy atom. The van der Waals surface area contributed by atoms with Crippen molar-refractivity contribution < 1.29 is 31.1 Å². The molecule has 2 aromatic rings. The second-order valence-corrected chi connectivity index (χ2v) is 7.67. The van der Waals surface area contributed by atoms with Crippen LogP contribution in [0.4, 0.5) is 18.9 Å². The van der Waals surface area contributed by atoms with Crippen molar-refractivity contribution in [2.75, 3.05) is 25.6 Å². The number of aryl methyl sites for hydroxylation is 1. The van der Waals surface area contributed by atoms with Gasteiger partial charge in [0.15, 0.2) is 0 Å². The van der Waals surface area contributed by atoms with E-state index in [1.165, 1.54) is 37.4 Å². The number of anilines is 1. The van der Waals surface area contributed by atoms with E-state index in [1.54, 1.807) is 6.92 Å². The lowest BCUT2D eigenvalue weighted by Gasteiger charge is -2.12. The molecular weight excluding hydrogens is 397 g/mol. The van der Waals surface area contributed by atoms with Gasteiger partial charge in [-0.3, -0.25) is 4.79 Å². The first-order chi connectivity index (χ1) is 13.0. The molecule has 2 rings (SSSR count). The zero-order chi connectivity index (χ0) is 20.9. The van der Waals surface area contributed by atoms with E-state index in [4.69, 9.17) is 4.74 Å². The van der Waals surface area contributed by atoms with Gasteiger partial charge in [0.1, 0.15) is 0 Å². The monoisotopic (exact) mass is 416 g/mol. The lowest BCUT2D eigenvalue weighted by Crippen LogP contribution is -2.27. The van der Waals surface area contributed by atoms with Gasteiger partial charge in [-0.05, 0) is 42.8 Å². The predicted octanol–water partition coefficient (Wildman–Crippen LogP) is 3.19. The molecule has 0 saturated carbocycles. The van der Waals surface area contributed by atoms with Crippen molar-refractivity contribution >= 4 is 21.6 Å². The zero-order valence-corrected chi connectivity index (χ0v) is 15.9. The Balaban J connectivity index is 2.27. The molecular formula is C18H19F3N2O4S. The lowest BCUT2D eigenvalue weighted by molar-refractivity contribution is -0.137. The highest BCUT2D eigenvalue weighted by molar-refractivity contribution is 7.89. The standard InChI is InChI=1S/C18H19F3N2O4S/c1-12-6-7-15(28(25,26)22-8-9-27-2)11-16(12)17(24)23-14-5-3-4-13(10-14)18(19,20)21/h3-7,10-11,22H,8-9H2,1-2H3,(H,23,24). The Morgan fingerprint density at radius 2 is 1.86 bits per heavy atom. The van der Waals surface area contributed by atoms with E-state index in [9.17, 15) is 26.4 Å². The summed E-state index contributed by atoms with van der Waals surface area (Å²) in [5, 5.41) is 2.37. The fourth-order valence-corrected chi connectivity index (χ4v) is 3.38. The van der Waals surface area contributed by atoms with E-state index >= 15 is 0 Å². The van der Waals surface area contributed by atoms with Gasteiger partial charge in [0, 0.05) is 24.9 Å². The number of alkyl halides is 3. The maximum absolute atomic E-state index is 12.8. The van der Waals surface area contributed by atoms with E-state index in [1.807, 2.05) is 0 Å². The molecule has 0 aliphatic heterocycles. The normalized spacial score (nSPS) is 12.0. The molecule has 1 amide bonds. The summed E-state index contributed by atoms with van der Waals surface area (Å²) in [6.07, 6.45) is -4.54. The Labute approximate surface area is 160 Å². The first kappa shape index (κ1) is 21.9. The minimum absolute atomic E-state index is 0.0343. The van der Waals surface area contributed by atoms with Crippen molar-refractivity contribution in [3.8, 4) is 0 Å². The Hall–Kier alpha value is -2.43. The SMILES string of the molecule is COCCNS(=O)(=O)c1ccc(C)c(C(=O)Nc2cccc(C(F)(F)F)c2)c1. The maximum atomic E-state index is 12.8. The second kappa shape index (κ2) is 8.72. The number of benzene rings is 2. The number of halogens is 3. The third kappa shape index (κ3) is 5.54. The van der Waals surface area contributed by atoms with Crippen LogP contribution in [0.15, 0.2) is 47.4 Å². The maximum Gasteiger partial charge on any atom is 0.416 e. The number of carbonyl (C=O) groups excluding carboxylic acids is 1.